The van der Waals surface area contributed by atoms with Crippen LogP contribution in [0.5, 0.6) is 0 Å². The molecule has 0 aliphatic rings. The van der Waals surface area contributed by atoms with Gasteiger partial charge in [-0.1, -0.05) is 133 Å². The summed E-state index contributed by atoms with van der Waals surface area (Å²) in [6.07, 6.45) is 0. The van der Waals surface area contributed by atoms with Crippen LogP contribution in [0.15, 0.2) is 205 Å². The van der Waals surface area contributed by atoms with Gasteiger partial charge in [0, 0.05) is 44.0 Å². The molecule has 0 spiro atoms. The molecule has 2 aromatic heterocycles. The van der Waals surface area contributed by atoms with E-state index in [4.69, 9.17) is 9.40 Å². The predicted molar refractivity (Wildman–Crippen MR) is 227 cm³/mol. The van der Waals surface area contributed by atoms with E-state index in [1.165, 1.54) is 20.2 Å². The number of thiophene rings is 1. The number of hydrogen-bond acceptors (Lipinski definition) is 5. The Morgan fingerprint density at radius 2 is 1.00 bits per heavy atom. The minimum atomic E-state index is 0.577. The minimum absolute atomic E-state index is 0.577. The van der Waals surface area contributed by atoms with E-state index in [9.17, 15) is 0 Å². The Balaban J connectivity index is 1.29. The molecule has 0 N–H and O–H groups in total. The molecule has 0 saturated carbocycles. The molecule has 0 aliphatic heterocycles. The summed E-state index contributed by atoms with van der Waals surface area (Å²) in [6.45, 7) is 0. The van der Waals surface area contributed by atoms with Crippen molar-refractivity contribution in [2.45, 2.75) is 0 Å². The van der Waals surface area contributed by atoms with Crippen LogP contribution in [-0.4, -0.2) is 4.98 Å². The van der Waals surface area contributed by atoms with Crippen LogP contribution in [0.4, 0.5) is 34.1 Å². The van der Waals surface area contributed by atoms with E-state index in [0.29, 0.717) is 11.5 Å². The maximum Gasteiger partial charge on any atom is 0.227 e. The van der Waals surface area contributed by atoms with Crippen molar-refractivity contribution in [1.82, 2.24) is 4.98 Å². The van der Waals surface area contributed by atoms with Crippen LogP contribution < -0.4 is 9.80 Å². The zero-order valence-corrected chi connectivity index (χ0v) is 30.0. The van der Waals surface area contributed by atoms with Crippen LogP contribution >= 0.6 is 11.3 Å². The molecule has 10 aromatic rings. The van der Waals surface area contributed by atoms with Gasteiger partial charge in [-0.15, -0.1) is 11.3 Å². The summed E-state index contributed by atoms with van der Waals surface area (Å²) in [5, 5.41) is 2.49. The Bertz CT molecular complexity index is 2890. The highest BCUT2D eigenvalue weighted by Gasteiger charge is 2.26. The first-order chi connectivity index (χ1) is 26.8. The van der Waals surface area contributed by atoms with Gasteiger partial charge in [0.2, 0.25) is 5.89 Å². The second-order valence-electron chi connectivity index (χ2n) is 13.2. The van der Waals surface area contributed by atoms with E-state index < -0.39 is 0 Å². The molecular formula is C49H33N3OS. The number of oxazole rings is 1. The number of fused-ring (bicyclic) bond motifs is 4. The average molecular weight is 712 g/mol. The Labute approximate surface area is 317 Å². The average Bonchev–Trinajstić information content (AvgIpc) is 3.86. The summed E-state index contributed by atoms with van der Waals surface area (Å²) in [7, 11) is 0. The van der Waals surface area contributed by atoms with Gasteiger partial charge in [0.25, 0.3) is 0 Å². The summed E-state index contributed by atoms with van der Waals surface area (Å²) in [4.78, 5) is 9.95. The Morgan fingerprint density at radius 1 is 0.426 bits per heavy atom. The van der Waals surface area contributed by atoms with Crippen molar-refractivity contribution >= 4 is 76.7 Å². The fourth-order valence-corrected chi connectivity index (χ4v) is 8.64. The van der Waals surface area contributed by atoms with Crippen molar-refractivity contribution in [2.75, 3.05) is 9.80 Å². The van der Waals surface area contributed by atoms with E-state index in [-0.39, 0.29) is 0 Å². The van der Waals surface area contributed by atoms with E-state index in [0.717, 1.165) is 56.3 Å². The number of rotatable bonds is 8. The first kappa shape index (κ1) is 31.8. The maximum atomic E-state index is 6.77. The summed E-state index contributed by atoms with van der Waals surface area (Å²) in [5.74, 6) is 0.577. The fraction of sp³-hybridized carbons (Fsp3) is 0. The summed E-state index contributed by atoms with van der Waals surface area (Å²) >= 11 is 1.82. The van der Waals surface area contributed by atoms with E-state index in [1.807, 2.05) is 41.7 Å². The van der Waals surface area contributed by atoms with Gasteiger partial charge < -0.3 is 14.2 Å². The standard InChI is InChI=1S/C49H33N3OS/c1-5-18-34(19-6-1)39-26-13-15-29-42(39)51(36-22-9-3-10-23-36)38-32-44(47-45(33-38)53-49(50-47)35-20-7-2-8-21-35)52(37-24-11-4-12-25-37)43-30-17-28-41-40-27-14-16-31-46(40)54-48(41)43/h1-33H. The molecule has 2 heterocycles. The number of anilines is 6. The molecule has 5 heteroatoms. The van der Waals surface area contributed by atoms with Gasteiger partial charge >= 0.3 is 0 Å². The van der Waals surface area contributed by atoms with Crippen molar-refractivity contribution in [2.24, 2.45) is 0 Å². The molecule has 0 atom stereocenters. The Hall–Kier alpha value is -6.95. The van der Waals surface area contributed by atoms with Crippen molar-refractivity contribution in [3.05, 3.63) is 200 Å². The van der Waals surface area contributed by atoms with Crippen LogP contribution in [0.1, 0.15) is 0 Å². The molecule has 0 saturated heterocycles. The largest absolute Gasteiger partial charge is 0.436 e. The van der Waals surface area contributed by atoms with Gasteiger partial charge in [-0.05, 0) is 66.2 Å². The Kier molecular flexibility index (Phi) is 7.97. The zero-order valence-electron chi connectivity index (χ0n) is 29.2. The van der Waals surface area contributed by atoms with E-state index in [2.05, 4.69) is 180 Å². The predicted octanol–water partition coefficient (Wildman–Crippen LogP) is 14.5. The molecule has 0 fully saturated rings. The van der Waals surface area contributed by atoms with Crippen molar-refractivity contribution < 1.29 is 4.42 Å². The number of hydrogen-bond donors (Lipinski definition) is 0. The van der Waals surface area contributed by atoms with Gasteiger partial charge in [-0.3, -0.25) is 0 Å². The maximum absolute atomic E-state index is 6.77. The monoisotopic (exact) mass is 711 g/mol. The third-order valence-electron chi connectivity index (χ3n) is 9.86. The summed E-state index contributed by atoms with van der Waals surface area (Å²) in [5.41, 5.74) is 10.7. The van der Waals surface area contributed by atoms with Crippen LogP contribution in [-0.2, 0) is 0 Å². The highest BCUT2D eigenvalue weighted by Crippen LogP contribution is 2.49. The first-order valence-corrected chi connectivity index (χ1v) is 18.9. The molecule has 8 aromatic carbocycles. The summed E-state index contributed by atoms with van der Waals surface area (Å²) < 4.78 is 9.24. The second kappa shape index (κ2) is 13.6. The lowest BCUT2D eigenvalue weighted by molar-refractivity contribution is 0.620. The summed E-state index contributed by atoms with van der Waals surface area (Å²) in [6, 6.07) is 70.2. The molecule has 4 nitrogen and oxygen atoms in total. The highest BCUT2D eigenvalue weighted by molar-refractivity contribution is 7.26. The lowest BCUT2D eigenvalue weighted by Gasteiger charge is -2.30. The number of benzene rings is 8. The zero-order chi connectivity index (χ0) is 35.8. The lowest BCUT2D eigenvalue weighted by atomic mass is 10.0. The van der Waals surface area contributed by atoms with Gasteiger partial charge in [-0.2, -0.15) is 0 Å². The molecule has 10 rings (SSSR count). The van der Waals surface area contributed by atoms with E-state index in [1.54, 1.807) is 0 Å². The van der Waals surface area contributed by atoms with Crippen LogP contribution in [0, 0.1) is 0 Å². The molecule has 54 heavy (non-hydrogen) atoms. The van der Waals surface area contributed by atoms with Crippen LogP contribution in [0.25, 0.3) is 53.9 Å². The van der Waals surface area contributed by atoms with Crippen LogP contribution in [0.2, 0.25) is 0 Å². The molecule has 0 amide bonds. The SMILES string of the molecule is c1ccc(-c2nc3c(N(c4ccccc4)c4cccc5c4sc4ccccc45)cc(N(c4ccccc4)c4ccccc4-c4ccccc4)cc3o2)cc1. The Morgan fingerprint density at radius 3 is 1.74 bits per heavy atom. The molecule has 0 bridgehead atoms. The lowest BCUT2D eigenvalue weighted by Crippen LogP contribution is -2.14. The quantitative estimate of drug-likeness (QED) is 0.157. The van der Waals surface area contributed by atoms with E-state index >= 15 is 0 Å². The number of para-hydroxylation sites is 3. The normalized spacial score (nSPS) is 11.3. The molecule has 0 radical (unpaired) electrons. The van der Waals surface area contributed by atoms with Gasteiger partial charge in [-0.25, -0.2) is 4.98 Å². The number of nitrogens with zero attached hydrogens (tertiary/aromatic N) is 3. The number of aromatic nitrogens is 1. The van der Waals surface area contributed by atoms with Crippen molar-refractivity contribution in [3.63, 3.8) is 0 Å². The molecule has 0 unspecified atom stereocenters. The second-order valence-corrected chi connectivity index (χ2v) is 14.2. The molecule has 256 valence electrons. The highest BCUT2D eigenvalue weighted by atomic mass is 32.1. The van der Waals surface area contributed by atoms with Gasteiger partial charge in [0.15, 0.2) is 5.58 Å². The van der Waals surface area contributed by atoms with Gasteiger partial charge in [0.1, 0.15) is 5.52 Å². The van der Waals surface area contributed by atoms with Crippen LogP contribution in [0.3, 0.4) is 0 Å². The third-order valence-corrected chi connectivity index (χ3v) is 11.1. The molecule has 0 aliphatic carbocycles. The first-order valence-electron chi connectivity index (χ1n) is 18.1. The van der Waals surface area contributed by atoms with Crippen molar-refractivity contribution in [1.29, 1.82) is 0 Å². The molecular weight excluding hydrogens is 679 g/mol. The topological polar surface area (TPSA) is 32.5 Å². The third kappa shape index (κ3) is 5.59. The minimum Gasteiger partial charge on any atom is -0.436 e. The smallest absolute Gasteiger partial charge is 0.227 e. The van der Waals surface area contributed by atoms with Crippen molar-refractivity contribution in [3.8, 4) is 22.6 Å². The fourth-order valence-electron chi connectivity index (χ4n) is 7.43. The van der Waals surface area contributed by atoms with Gasteiger partial charge in [0.05, 0.1) is 27.4 Å².